The zero-order valence-corrected chi connectivity index (χ0v) is 25.9. The number of hydrogen-bond donors (Lipinski definition) is 2. The highest BCUT2D eigenvalue weighted by Crippen LogP contribution is 2.44. The topological polar surface area (TPSA) is 131 Å². The van der Waals surface area contributed by atoms with Gasteiger partial charge in [-0.1, -0.05) is 36.0 Å². The molecular formula is C31H36N6O6S. The lowest BCUT2D eigenvalue weighted by molar-refractivity contribution is -0.193. The second-order valence-corrected chi connectivity index (χ2v) is 11.9. The number of carbonyl (C=O) groups excluding carboxylic acids is 1. The first-order chi connectivity index (χ1) is 21.3. The molecule has 0 spiro atoms. The van der Waals surface area contributed by atoms with Crippen LogP contribution < -0.4 is 20.1 Å². The van der Waals surface area contributed by atoms with Crippen LogP contribution in [0.2, 0.25) is 0 Å². The summed E-state index contributed by atoms with van der Waals surface area (Å²) in [5.41, 5.74) is 3.34. The Labute approximate surface area is 259 Å². The molecule has 2 aromatic carbocycles. The van der Waals surface area contributed by atoms with E-state index in [4.69, 9.17) is 23.7 Å². The molecule has 13 heteroatoms. The Morgan fingerprint density at radius 1 is 1.00 bits per heavy atom. The van der Waals surface area contributed by atoms with E-state index in [2.05, 4.69) is 25.6 Å². The lowest BCUT2D eigenvalue weighted by Crippen LogP contribution is -2.32. The Bertz CT molecular complexity index is 1580. The zero-order valence-electron chi connectivity index (χ0n) is 25.1. The van der Waals surface area contributed by atoms with Gasteiger partial charge in [-0.05, 0) is 56.2 Å². The molecule has 1 amide bonds. The van der Waals surface area contributed by atoms with Crippen molar-refractivity contribution >= 4 is 34.0 Å². The first-order valence-corrected chi connectivity index (χ1v) is 15.5. The highest BCUT2D eigenvalue weighted by Gasteiger charge is 2.56. The molecule has 2 aliphatic rings. The van der Waals surface area contributed by atoms with Crippen LogP contribution in [0.5, 0.6) is 11.5 Å². The highest BCUT2D eigenvalue weighted by molar-refractivity contribution is 8.13. The molecule has 2 N–H and O–H groups in total. The van der Waals surface area contributed by atoms with Crippen LogP contribution in [-0.2, 0) is 27.4 Å². The van der Waals surface area contributed by atoms with Gasteiger partial charge in [0.15, 0.2) is 29.0 Å². The van der Waals surface area contributed by atoms with Crippen molar-refractivity contribution in [1.82, 2.24) is 24.8 Å². The van der Waals surface area contributed by atoms with E-state index in [-0.39, 0.29) is 23.6 Å². The molecule has 232 valence electrons. The number of nitrogens with zero attached hydrogens (tertiary/aromatic N) is 4. The largest absolute Gasteiger partial charge is 0.497 e. The van der Waals surface area contributed by atoms with Gasteiger partial charge < -0.3 is 34.3 Å². The monoisotopic (exact) mass is 620 g/mol. The fraction of sp³-hybridized carbons (Fsp3) is 0.419. The van der Waals surface area contributed by atoms with Crippen molar-refractivity contribution in [3.05, 3.63) is 72.3 Å². The van der Waals surface area contributed by atoms with Crippen molar-refractivity contribution < 1.29 is 28.5 Å². The Balaban J connectivity index is 1.11. The maximum atomic E-state index is 12.1. The minimum absolute atomic E-state index is 0.0958. The molecule has 4 heterocycles. The van der Waals surface area contributed by atoms with E-state index in [1.807, 2.05) is 73.9 Å². The van der Waals surface area contributed by atoms with Crippen LogP contribution in [0.1, 0.15) is 38.1 Å². The third kappa shape index (κ3) is 6.60. The summed E-state index contributed by atoms with van der Waals surface area (Å²) in [6, 6.07) is 15.7. The molecule has 12 nitrogen and oxygen atoms in total. The smallest absolute Gasteiger partial charge is 0.279 e. The lowest BCUT2D eigenvalue weighted by atomic mass is 10.1. The molecule has 2 fully saturated rings. The predicted octanol–water partition coefficient (Wildman–Crippen LogP) is 4.91. The average molecular weight is 621 g/mol. The molecule has 0 saturated carbocycles. The van der Waals surface area contributed by atoms with Crippen LogP contribution in [0.3, 0.4) is 0 Å². The lowest BCUT2D eigenvalue weighted by Gasteiger charge is -2.24. The van der Waals surface area contributed by atoms with Crippen molar-refractivity contribution in [3.63, 3.8) is 0 Å². The summed E-state index contributed by atoms with van der Waals surface area (Å²) in [7, 11) is 1.65. The van der Waals surface area contributed by atoms with Crippen LogP contribution in [0.4, 0.5) is 10.6 Å². The predicted molar refractivity (Wildman–Crippen MR) is 166 cm³/mol. The Kier molecular flexibility index (Phi) is 8.89. The number of amides is 1. The van der Waals surface area contributed by atoms with E-state index in [1.54, 1.807) is 13.4 Å². The summed E-state index contributed by atoms with van der Waals surface area (Å²) in [6.07, 6.45) is 1.59. The van der Waals surface area contributed by atoms with Gasteiger partial charge in [-0.15, -0.1) is 0 Å². The van der Waals surface area contributed by atoms with E-state index in [9.17, 15) is 4.79 Å². The number of anilines is 1. The van der Waals surface area contributed by atoms with E-state index < -0.39 is 12.0 Å². The molecule has 6 rings (SSSR count). The number of rotatable bonds is 11. The van der Waals surface area contributed by atoms with Gasteiger partial charge in [-0.25, -0.2) is 15.0 Å². The van der Waals surface area contributed by atoms with Crippen molar-refractivity contribution in [2.75, 3.05) is 24.7 Å². The molecule has 0 aliphatic carbocycles. The summed E-state index contributed by atoms with van der Waals surface area (Å²) in [6.45, 7) is 7.23. The number of nitrogens with one attached hydrogen (secondary N) is 2. The fourth-order valence-electron chi connectivity index (χ4n) is 5.32. The van der Waals surface area contributed by atoms with Crippen LogP contribution in [0.15, 0.2) is 61.2 Å². The molecule has 0 radical (unpaired) electrons. The standard InChI is InChI=1S/C31H36N6O6S/c1-5-32-30(38)44-16-23-25-26(43-31(2,3)42-25)29(41-23)37-18-36-24-27(34-17-35-28(24)37)33-14-19-6-12-22(13-7-19)40-15-20-8-10-21(39-4)11-9-20/h6-13,17-18,23,25-26,29H,5,14-16H2,1-4H3,(H,32,38)(H,33,34,35). The van der Waals surface area contributed by atoms with Crippen molar-refractivity contribution in [1.29, 1.82) is 0 Å². The molecule has 4 aromatic rings. The maximum absolute atomic E-state index is 12.1. The van der Waals surface area contributed by atoms with E-state index in [1.165, 1.54) is 18.1 Å². The number of hydrogen-bond acceptors (Lipinski definition) is 11. The van der Waals surface area contributed by atoms with Gasteiger partial charge in [0.25, 0.3) is 5.24 Å². The highest BCUT2D eigenvalue weighted by atomic mass is 32.2. The van der Waals surface area contributed by atoms with Gasteiger partial charge in [0.2, 0.25) is 0 Å². The number of methoxy groups -OCH3 is 1. The first-order valence-electron chi connectivity index (χ1n) is 14.5. The summed E-state index contributed by atoms with van der Waals surface area (Å²) in [4.78, 5) is 25.7. The number of ether oxygens (including phenoxy) is 5. The van der Waals surface area contributed by atoms with Crippen molar-refractivity contribution in [3.8, 4) is 11.5 Å². The molecule has 2 aromatic heterocycles. The van der Waals surface area contributed by atoms with Gasteiger partial charge in [-0.2, -0.15) is 0 Å². The van der Waals surface area contributed by atoms with Gasteiger partial charge in [-0.3, -0.25) is 9.36 Å². The van der Waals surface area contributed by atoms with Crippen LogP contribution >= 0.6 is 11.8 Å². The normalized spacial score (nSPS) is 22.1. The quantitative estimate of drug-likeness (QED) is 0.237. The number of aromatic nitrogens is 4. The molecule has 2 aliphatic heterocycles. The summed E-state index contributed by atoms with van der Waals surface area (Å²) in [5.74, 6) is 1.86. The second-order valence-electron chi connectivity index (χ2n) is 10.9. The van der Waals surface area contributed by atoms with Crippen LogP contribution in [0.25, 0.3) is 11.2 Å². The fourth-order valence-corrected chi connectivity index (χ4v) is 6.15. The van der Waals surface area contributed by atoms with Gasteiger partial charge >= 0.3 is 0 Å². The number of imidazole rings is 1. The second kappa shape index (κ2) is 13.0. The molecule has 0 bridgehead atoms. The van der Waals surface area contributed by atoms with E-state index >= 15 is 0 Å². The average Bonchev–Trinajstić information content (AvgIpc) is 3.69. The van der Waals surface area contributed by atoms with E-state index in [0.717, 1.165) is 22.6 Å². The number of thioether (sulfide) groups is 1. The Morgan fingerprint density at radius 2 is 1.73 bits per heavy atom. The minimum Gasteiger partial charge on any atom is -0.497 e. The van der Waals surface area contributed by atoms with Crippen LogP contribution in [0, 0.1) is 0 Å². The Hall–Kier alpha value is -3.91. The number of fused-ring (bicyclic) bond motifs is 2. The summed E-state index contributed by atoms with van der Waals surface area (Å²) in [5, 5.41) is 6.09. The van der Waals surface area contributed by atoms with Crippen LogP contribution in [-0.4, -0.2) is 68.3 Å². The summed E-state index contributed by atoms with van der Waals surface area (Å²) < 4.78 is 31.9. The number of carbonyl (C=O) groups is 1. The van der Waals surface area contributed by atoms with Gasteiger partial charge in [0, 0.05) is 18.8 Å². The third-order valence-corrected chi connectivity index (χ3v) is 8.31. The molecule has 2 saturated heterocycles. The van der Waals surface area contributed by atoms with Gasteiger partial charge in [0.1, 0.15) is 36.6 Å². The molecule has 44 heavy (non-hydrogen) atoms. The third-order valence-electron chi connectivity index (χ3n) is 7.41. The van der Waals surface area contributed by atoms with Crippen molar-refractivity contribution in [2.45, 2.75) is 64.2 Å². The molecule has 4 atom stereocenters. The first kappa shape index (κ1) is 30.1. The maximum Gasteiger partial charge on any atom is 0.279 e. The SMILES string of the molecule is CCNC(=O)SCC1OC(n2cnc3c(NCc4ccc(OCc5ccc(OC)cc5)cc4)ncnc32)C2OC(C)(C)OC12. The molecule has 4 unspecified atom stereocenters. The summed E-state index contributed by atoms with van der Waals surface area (Å²) >= 11 is 1.18. The molecular weight excluding hydrogens is 584 g/mol. The van der Waals surface area contributed by atoms with Crippen molar-refractivity contribution in [2.24, 2.45) is 0 Å². The minimum atomic E-state index is -0.777. The van der Waals surface area contributed by atoms with Gasteiger partial charge in [0.05, 0.1) is 19.5 Å². The zero-order chi connectivity index (χ0) is 30.7. The number of benzene rings is 2. The van der Waals surface area contributed by atoms with E-state index in [0.29, 0.717) is 42.4 Å². The Morgan fingerprint density at radius 3 is 2.48 bits per heavy atom.